The molecule has 0 aliphatic carbocycles. The van der Waals surface area contributed by atoms with Gasteiger partial charge in [-0.3, -0.25) is 4.90 Å². The molecule has 1 aromatic rings. The van der Waals surface area contributed by atoms with E-state index in [0.29, 0.717) is 6.54 Å². The number of ether oxygens (including phenoxy) is 1. The normalized spacial score (nSPS) is 20.6. The van der Waals surface area contributed by atoms with Gasteiger partial charge in [-0.1, -0.05) is 29.8 Å². The van der Waals surface area contributed by atoms with Crippen molar-refractivity contribution in [1.82, 2.24) is 10.2 Å². The summed E-state index contributed by atoms with van der Waals surface area (Å²) in [5, 5.41) is 3.56. The molecule has 1 amide bonds. The smallest absolute Gasteiger partial charge is 0.407 e. The Morgan fingerprint density at radius 2 is 2.35 bits per heavy atom. The van der Waals surface area contributed by atoms with Gasteiger partial charge >= 0.3 is 6.09 Å². The lowest BCUT2D eigenvalue weighted by molar-refractivity contribution is 0.165. The van der Waals surface area contributed by atoms with Crippen LogP contribution in [0.2, 0.25) is 5.02 Å². The van der Waals surface area contributed by atoms with Crippen molar-refractivity contribution in [2.24, 2.45) is 5.73 Å². The van der Waals surface area contributed by atoms with Crippen molar-refractivity contribution in [3.8, 4) is 0 Å². The molecule has 0 aromatic heterocycles. The molecule has 2 rings (SSSR count). The van der Waals surface area contributed by atoms with Gasteiger partial charge in [0.2, 0.25) is 0 Å². The summed E-state index contributed by atoms with van der Waals surface area (Å²) >= 11 is 6.25. The fourth-order valence-electron chi connectivity index (χ4n) is 2.63. The van der Waals surface area contributed by atoms with E-state index in [0.717, 1.165) is 30.1 Å². The first kappa shape index (κ1) is 15.1. The van der Waals surface area contributed by atoms with E-state index in [1.54, 1.807) is 0 Å². The van der Waals surface area contributed by atoms with Crippen LogP contribution in [-0.4, -0.2) is 43.8 Å². The van der Waals surface area contributed by atoms with E-state index in [4.69, 9.17) is 17.3 Å². The van der Waals surface area contributed by atoms with Gasteiger partial charge in [-0.25, -0.2) is 4.79 Å². The molecule has 1 aliphatic rings. The molecule has 110 valence electrons. The zero-order valence-corrected chi connectivity index (χ0v) is 12.3. The van der Waals surface area contributed by atoms with Gasteiger partial charge in [-0.15, -0.1) is 0 Å². The Hall–Kier alpha value is -1.30. The van der Waals surface area contributed by atoms with Gasteiger partial charge in [0, 0.05) is 36.7 Å². The van der Waals surface area contributed by atoms with E-state index in [-0.39, 0.29) is 18.2 Å². The average Bonchev–Trinajstić information content (AvgIpc) is 2.90. The lowest BCUT2D eigenvalue weighted by atomic mass is 10.1. The standard InChI is InChI=1S/C14H20ClN3O2/c1-20-14(19)17-10-6-7-18(9-10)13(8-16)11-4-2-3-5-12(11)15/h2-5,10,13H,6-9,16H2,1H3,(H,17,19). The molecule has 1 saturated heterocycles. The SMILES string of the molecule is COC(=O)NC1CCN(C(CN)c2ccccc2Cl)C1. The number of hydrogen-bond donors (Lipinski definition) is 2. The van der Waals surface area contributed by atoms with E-state index in [1.807, 2.05) is 24.3 Å². The Labute approximate surface area is 124 Å². The molecule has 0 saturated carbocycles. The van der Waals surface area contributed by atoms with Crippen molar-refractivity contribution in [2.75, 3.05) is 26.7 Å². The van der Waals surface area contributed by atoms with Gasteiger partial charge in [-0.2, -0.15) is 0 Å². The largest absolute Gasteiger partial charge is 0.453 e. The highest BCUT2D eigenvalue weighted by molar-refractivity contribution is 6.31. The third kappa shape index (κ3) is 3.42. The van der Waals surface area contributed by atoms with Crippen LogP contribution in [0.15, 0.2) is 24.3 Å². The van der Waals surface area contributed by atoms with Gasteiger partial charge < -0.3 is 15.8 Å². The Morgan fingerprint density at radius 1 is 1.60 bits per heavy atom. The van der Waals surface area contributed by atoms with E-state index < -0.39 is 0 Å². The Kier molecular flexibility index (Phi) is 5.23. The fourth-order valence-corrected chi connectivity index (χ4v) is 2.89. The molecule has 1 heterocycles. The topological polar surface area (TPSA) is 67.6 Å². The number of alkyl carbamates (subject to hydrolysis) is 1. The number of nitrogens with zero attached hydrogens (tertiary/aromatic N) is 1. The number of halogens is 1. The number of rotatable bonds is 4. The van der Waals surface area contributed by atoms with Gasteiger partial charge in [0.05, 0.1) is 7.11 Å². The number of amides is 1. The third-order valence-corrected chi connectivity index (χ3v) is 4.00. The number of likely N-dealkylation sites (tertiary alicyclic amines) is 1. The van der Waals surface area contributed by atoms with Crippen LogP contribution >= 0.6 is 11.6 Å². The van der Waals surface area contributed by atoms with Crippen molar-refractivity contribution in [1.29, 1.82) is 0 Å². The molecule has 2 atom stereocenters. The second kappa shape index (κ2) is 6.92. The van der Waals surface area contributed by atoms with Crippen LogP contribution in [0.1, 0.15) is 18.0 Å². The Morgan fingerprint density at radius 3 is 3.00 bits per heavy atom. The predicted molar refractivity (Wildman–Crippen MR) is 78.8 cm³/mol. The molecule has 0 bridgehead atoms. The summed E-state index contributed by atoms with van der Waals surface area (Å²) in [6.07, 6.45) is 0.495. The van der Waals surface area contributed by atoms with Crippen LogP contribution in [0.5, 0.6) is 0 Å². The molecular formula is C14H20ClN3O2. The minimum Gasteiger partial charge on any atom is -0.453 e. The van der Waals surface area contributed by atoms with E-state index >= 15 is 0 Å². The first-order chi connectivity index (χ1) is 9.65. The minimum absolute atomic E-state index is 0.0770. The van der Waals surface area contributed by atoms with Crippen LogP contribution in [-0.2, 0) is 4.74 Å². The van der Waals surface area contributed by atoms with Crippen LogP contribution < -0.4 is 11.1 Å². The summed E-state index contributed by atoms with van der Waals surface area (Å²) in [5.41, 5.74) is 6.95. The number of nitrogens with one attached hydrogen (secondary N) is 1. The van der Waals surface area contributed by atoms with Crippen molar-refractivity contribution >= 4 is 17.7 Å². The predicted octanol–water partition coefficient (Wildman–Crippen LogP) is 1.77. The maximum Gasteiger partial charge on any atom is 0.407 e. The highest BCUT2D eigenvalue weighted by atomic mass is 35.5. The van der Waals surface area contributed by atoms with Gasteiger partial charge in [0.15, 0.2) is 0 Å². The molecule has 1 aliphatic heterocycles. The Balaban J connectivity index is 2.03. The van der Waals surface area contributed by atoms with Gasteiger partial charge in [0.1, 0.15) is 0 Å². The monoisotopic (exact) mass is 297 g/mol. The Bertz CT molecular complexity index is 469. The number of benzene rings is 1. The number of nitrogens with two attached hydrogens (primary N) is 1. The summed E-state index contributed by atoms with van der Waals surface area (Å²) in [5.74, 6) is 0. The quantitative estimate of drug-likeness (QED) is 0.889. The molecule has 1 aromatic carbocycles. The molecule has 2 unspecified atom stereocenters. The van der Waals surface area contributed by atoms with E-state index in [1.165, 1.54) is 7.11 Å². The minimum atomic E-state index is -0.390. The molecule has 6 heteroatoms. The second-order valence-corrected chi connectivity index (χ2v) is 5.30. The molecular weight excluding hydrogens is 278 g/mol. The molecule has 0 radical (unpaired) electrons. The first-order valence-electron chi connectivity index (χ1n) is 6.68. The summed E-state index contributed by atoms with van der Waals surface area (Å²) in [6, 6.07) is 7.92. The van der Waals surface area contributed by atoms with Crippen LogP contribution in [0.4, 0.5) is 4.79 Å². The van der Waals surface area contributed by atoms with E-state index in [9.17, 15) is 4.79 Å². The molecule has 3 N–H and O–H groups in total. The van der Waals surface area contributed by atoms with Crippen molar-refractivity contribution < 1.29 is 9.53 Å². The van der Waals surface area contributed by atoms with Crippen LogP contribution in [0.3, 0.4) is 0 Å². The van der Waals surface area contributed by atoms with Gasteiger partial charge in [-0.05, 0) is 18.1 Å². The lowest BCUT2D eigenvalue weighted by Crippen LogP contribution is -2.39. The summed E-state index contributed by atoms with van der Waals surface area (Å²) in [6.45, 7) is 2.12. The second-order valence-electron chi connectivity index (χ2n) is 4.89. The number of carbonyl (C=O) groups excluding carboxylic acids is 1. The van der Waals surface area contributed by atoms with Crippen LogP contribution in [0.25, 0.3) is 0 Å². The van der Waals surface area contributed by atoms with Crippen molar-refractivity contribution in [2.45, 2.75) is 18.5 Å². The number of methoxy groups -OCH3 is 1. The number of hydrogen-bond acceptors (Lipinski definition) is 4. The highest BCUT2D eigenvalue weighted by Gasteiger charge is 2.30. The van der Waals surface area contributed by atoms with Crippen molar-refractivity contribution in [3.63, 3.8) is 0 Å². The lowest BCUT2D eigenvalue weighted by Gasteiger charge is -2.27. The molecule has 20 heavy (non-hydrogen) atoms. The van der Waals surface area contributed by atoms with Crippen molar-refractivity contribution in [3.05, 3.63) is 34.9 Å². The zero-order chi connectivity index (χ0) is 14.5. The number of carbonyl (C=O) groups is 1. The summed E-state index contributed by atoms with van der Waals surface area (Å²) < 4.78 is 4.62. The average molecular weight is 298 g/mol. The molecule has 5 nitrogen and oxygen atoms in total. The fraction of sp³-hybridized carbons (Fsp3) is 0.500. The van der Waals surface area contributed by atoms with E-state index in [2.05, 4.69) is 15.0 Å². The first-order valence-corrected chi connectivity index (χ1v) is 7.06. The van der Waals surface area contributed by atoms with Crippen LogP contribution in [0, 0.1) is 0 Å². The summed E-state index contributed by atoms with van der Waals surface area (Å²) in [4.78, 5) is 13.5. The maximum absolute atomic E-state index is 11.2. The van der Waals surface area contributed by atoms with Gasteiger partial charge in [0.25, 0.3) is 0 Å². The summed E-state index contributed by atoms with van der Waals surface area (Å²) in [7, 11) is 1.37. The maximum atomic E-state index is 11.2. The molecule has 1 fully saturated rings. The third-order valence-electron chi connectivity index (χ3n) is 3.66. The zero-order valence-electron chi connectivity index (χ0n) is 11.5. The molecule has 0 spiro atoms. The highest BCUT2D eigenvalue weighted by Crippen LogP contribution is 2.29.